The molecule has 1 amide bonds. The highest BCUT2D eigenvalue weighted by Gasteiger charge is 2.25. The third-order valence-corrected chi connectivity index (χ3v) is 3.41. The molecule has 1 heterocycles. The summed E-state index contributed by atoms with van der Waals surface area (Å²) >= 11 is 0. The number of hydrogen-bond donors (Lipinski definition) is 1. The maximum Gasteiger partial charge on any atom is 0.254 e. The van der Waals surface area contributed by atoms with Crippen molar-refractivity contribution in [1.82, 2.24) is 4.90 Å². The molecule has 2 N–H and O–H groups in total. The van der Waals surface area contributed by atoms with Crippen molar-refractivity contribution in [2.45, 2.75) is 12.8 Å². The van der Waals surface area contributed by atoms with Crippen LogP contribution in [0.3, 0.4) is 0 Å². The number of rotatable bonds is 5. The Bertz CT molecular complexity index is 474. The van der Waals surface area contributed by atoms with E-state index in [-0.39, 0.29) is 5.91 Å². The van der Waals surface area contributed by atoms with E-state index in [1.54, 1.807) is 20.3 Å². The maximum absolute atomic E-state index is 12.4. The monoisotopic (exact) mass is 264 g/mol. The van der Waals surface area contributed by atoms with E-state index in [1.807, 2.05) is 11.0 Å². The van der Waals surface area contributed by atoms with Gasteiger partial charge in [0.25, 0.3) is 5.91 Å². The number of carbonyl (C=O) groups excluding carboxylic acids is 1. The minimum absolute atomic E-state index is 0.0515. The summed E-state index contributed by atoms with van der Waals surface area (Å²) in [4.78, 5) is 14.2. The minimum atomic E-state index is 0.0515. The smallest absolute Gasteiger partial charge is 0.254 e. The Morgan fingerprint density at radius 1 is 1.26 bits per heavy atom. The minimum Gasteiger partial charge on any atom is -0.493 e. The molecular formula is C14H20N2O3. The van der Waals surface area contributed by atoms with Gasteiger partial charge in [0, 0.05) is 18.7 Å². The molecule has 104 valence electrons. The normalized spacial score (nSPS) is 14.3. The fourth-order valence-corrected chi connectivity index (χ4v) is 2.35. The molecule has 0 spiro atoms. The third-order valence-electron chi connectivity index (χ3n) is 3.41. The lowest BCUT2D eigenvalue weighted by Crippen LogP contribution is -2.38. The Balaban J connectivity index is 2.30. The Labute approximate surface area is 113 Å². The van der Waals surface area contributed by atoms with E-state index in [9.17, 15) is 4.79 Å². The molecule has 0 aromatic heterocycles. The second-order valence-electron chi connectivity index (χ2n) is 4.55. The lowest BCUT2D eigenvalue weighted by molar-refractivity contribution is 0.0738. The third kappa shape index (κ3) is 2.66. The van der Waals surface area contributed by atoms with Crippen molar-refractivity contribution in [3.63, 3.8) is 0 Å². The van der Waals surface area contributed by atoms with Crippen molar-refractivity contribution in [1.29, 1.82) is 0 Å². The summed E-state index contributed by atoms with van der Waals surface area (Å²) in [6.45, 7) is 2.05. The number of nitrogens with two attached hydrogens (primary N) is 1. The molecule has 0 unspecified atom stereocenters. The fourth-order valence-electron chi connectivity index (χ4n) is 2.35. The Morgan fingerprint density at radius 3 is 2.58 bits per heavy atom. The second kappa shape index (κ2) is 5.93. The van der Waals surface area contributed by atoms with Crippen molar-refractivity contribution in [2.75, 3.05) is 33.9 Å². The van der Waals surface area contributed by atoms with E-state index in [1.165, 1.54) is 0 Å². The molecule has 0 radical (unpaired) electrons. The first-order valence-corrected chi connectivity index (χ1v) is 6.45. The number of hydrogen-bond acceptors (Lipinski definition) is 4. The van der Waals surface area contributed by atoms with Crippen LogP contribution in [0.25, 0.3) is 0 Å². The fraction of sp³-hybridized carbons (Fsp3) is 0.500. The largest absolute Gasteiger partial charge is 0.493 e. The zero-order chi connectivity index (χ0) is 13.8. The molecular weight excluding hydrogens is 244 g/mol. The highest BCUT2D eigenvalue weighted by Crippen LogP contribution is 2.33. The van der Waals surface area contributed by atoms with Gasteiger partial charge in [-0.2, -0.15) is 0 Å². The highest BCUT2D eigenvalue weighted by atomic mass is 16.5. The zero-order valence-corrected chi connectivity index (χ0v) is 11.4. The van der Waals surface area contributed by atoms with Crippen LogP contribution < -0.4 is 15.2 Å². The number of amides is 1. The molecule has 1 aliphatic heterocycles. The molecule has 0 fully saturated rings. The lowest BCUT2D eigenvalue weighted by Gasteiger charge is -2.29. The topological polar surface area (TPSA) is 64.8 Å². The number of methoxy groups -OCH3 is 2. The van der Waals surface area contributed by atoms with E-state index < -0.39 is 0 Å². The predicted molar refractivity (Wildman–Crippen MR) is 72.8 cm³/mol. The van der Waals surface area contributed by atoms with Crippen molar-refractivity contribution in [3.8, 4) is 11.5 Å². The van der Waals surface area contributed by atoms with Gasteiger partial charge in [0.15, 0.2) is 11.5 Å². The summed E-state index contributed by atoms with van der Waals surface area (Å²) in [5, 5.41) is 0. The average molecular weight is 264 g/mol. The predicted octanol–water partition coefficient (Wildman–Crippen LogP) is 1.05. The van der Waals surface area contributed by atoms with Crippen molar-refractivity contribution in [2.24, 2.45) is 5.73 Å². The molecule has 1 aliphatic rings. The first kappa shape index (κ1) is 13.7. The van der Waals surface area contributed by atoms with Crippen LogP contribution in [-0.2, 0) is 6.42 Å². The molecule has 1 aromatic carbocycles. The number of nitrogens with zero attached hydrogens (tertiary/aromatic N) is 1. The SMILES string of the molecule is COc1cc2c(cc1OC)C(=O)N(CCCN)CC2. The second-order valence-corrected chi connectivity index (χ2v) is 4.55. The molecule has 0 bridgehead atoms. The number of carbonyl (C=O) groups is 1. The molecule has 2 rings (SSSR count). The first-order chi connectivity index (χ1) is 9.21. The van der Waals surface area contributed by atoms with E-state index in [2.05, 4.69) is 0 Å². The van der Waals surface area contributed by atoms with Crippen LogP contribution in [0.1, 0.15) is 22.3 Å². The van der Waals surface area contributed by atoms with Crippen molar-refractivity contribution in [3.05, 3.63) is 23.3 Å². The van der Waals surface area contributed by atoms with Gasteiger partial charge in [-0.15, -0.1) is 0 Å². The van der Waals surface area contributed by atoms with Gasteiger partial charge in [0.05, 0.1) is 14.2 Å². The Hall–Kier alpha value is -1.75. The summed E-state index contributed by atoms with van der Waals surface area (Å²) in [6, 6.07) is 3.66. The zero-order valence-electron chi connectivity index (χ0n) is 11.4. The van der Waals surface area contributed by atoms with Crippen LogP contribution in [0.4, 0.5) is 0 Å². The van der Waals surface area contributed by atoms with Gasteiger partial charge in [0.2, 0.25) is 0 Å². The van der Waals surface area contributed by atoms with Crippen LogP contribution in [0, 0.1) is 0 Å². The van der Waals surface area contributed by atoms with Gasteiger partial charge in [-0.1, -0.05) is 0 Å². The van der Waals surface area contributed by atoms with Crippen molar-refractivity contribution >= 4 is 5.91 Å². The summed E-state index contributed by atoms with van der Waals surface area (Å²) < 4.78 is 10.5. The van der Waals surface area contributed by atoms with Gasteiger partial charge >= 0.3 is 0 Å². The maximum atomic E-state index is 12.4. The molecule has 0 atom stereocenters. The van der Waals surface area contributed by atoms with Gasteiger partial charge in [-0.25, -0.2) is 0 Å². The van der Waals surface area contributed by atoms with E-state index >= 15 is 0 Å². The van der Waals surface area contributed by atoms with Gasteiger partial charge in [0.1, 0.15) is 0 Å². The molecule has 0 saturated heterocycles. The number of fused-ring (bicyclic) bond motifs is 1. The lowest BCUT2D eigenvalue weighted by atomic mass is 9.98. The summed E-state index contributed by atoms with van der Waals surface area (Å²) in [5.74, 6) is 1.32. The molecule has 1 aromatic rings. The van der Waals surface area contributed by atoms with E-state index in [0.29, 0.717) is 30.2 Å². The molecule has 5 nitrogen and oxygen atoms in total. The average Bonchev–Trinajstić information content (AvgIpc) is 2.45. The summed E-state index contributed by atoms with van der Waals surface area (Å²) in [6.07, 6.45) is 1.67. The van der Waals surface area contributed by atoms with E-state index in [4.69, 9.17) is 15.2 Å². The summed E-state index contributed by atoms with van der Waals surface area (Å²) in [7, 11) is 3.17. The van der Waals surface area contributed by atoms with Gasteiger partial charge < -0.3 is 20.1 Å². The quantitative estimate of drug-likeness (QED) is 0.863. The van der Waals surface area contributed by atoms with Gasteiger partial charge in [-0.3, -0.25) is 4.79 Å². The van der Waals surface area contributed by atoms with E-state index in [0.717, 1.165) is 24.9 Å². The van der Waals surface area contributed by atoms with Crippen LogP contribution in [0.5, 0.6) is 11.5 Å². The Kier molecular flexibility index (Phi) is 4.27. The standard InChI is InChI=1S/C14H20N2O3/c1-18-12-8-10-4-7-16(6-3-5-15)14(17)11(10)9-13(12)19-2/h8-9H,3-7,15H2,1-2H3. The number of ether oxygens (including phenoxy) is 2. The van der Waals surface area contributed by atoms with Crippen LogP contribution in [0.2, 0.25) is 0 Å². The number of benzene rings is 1. The van der Waals surface area contributed by atoms with Crippen LogP contribution in [-0.4, -0.2) is 44.7 Å². The van der Waals surface area contributed by atoms with Crippen LogP contribution >= 0.6 is 0 Å². The molecule has 19 heavy (non-hydrogen) atoms. The highest BCUT2D eigenvalue weighted by molar-refractivity contribution is 5.97. The summed E-state index contributed by atoms with van der Waals surface area (Å²) in [5.41, 5.74) is 7.22. The molecule has 0 saturated carbocycles. The van der Waals surface area contributed by atoms with Crippen molar-refractivity contribution < 1.29 is 14.3 Å². The van der Waals surface area contributed by atoms with Crippen LogP contribution in [0.15, 0.2) is 12.1 Å². The Morgan fingerprint density at radius 2 is 1.95 bits per heavy atom. The molecule has 5 heteroatoms. The first-order valence-electron chi connectivity index (χ1n) is 6.45. The molecule has 0 aliphatic carbocycles. The van der Waals surface area contributed by atoms with Gasteiger partial charge in [-0.05, 0) is 37.1 Å².